The molecule has 0 amide bonds. The van der Waals surface area contributed by atoms with Gasteiger partial charge < -0.3 is 4.52 Å². The highest BCUT2D eigenvalue weighted by molar-refractivity contribution is 5.89. The third-order valence-corrected chi connectivity index (χ3v) is 2.36. The van der Waals surface area contributed by atoms with Crippen LogP contribution in [0.4, 0.5) is 0 Å². The fraction of sp³-hybridized carbons (Fsp3) is 0.250. The van der Waals surface area contributed by atoms with Crippen LogP contribution >= 0.6 is 0 Å². The zero-order valence-corrected chi connectivity index (χ0v) is 9.44. The average Bonchev–Trinajstić information content (AvgIpc) is 2.70. The van der Waals surface area contributed by atoms with Gasteiger partial charge in [0.1, 0.15) is 0 Å². The Morgan fingerprint density at radius 1 is 1.31 bits per heavy atom. The molecule has 1 aromatic heterocycles. The molecule has 0 spiro atoms. The van der Waals surface area contributed by atoms with Crippen LogP contribution in [0.1, 0.15) is 28.7 Å². The van der Waals surface area contributed by atoms with Gasteiger partial charge in [-0.1, -0.05) is 22.9 Å². The monoisotopic (exact) mass is 216 g/mol. The highest BCUT2D eigenvalue weighted by atomic mass is 16.5. The van der Waals surface area contributed by atoms with Gasteiger partial charge in [-0.2, -0.15) is 4.98 Å². The molecule has 1 aromatic carbocycles. The molecule has 0 bridgehead atoms. The van der Waals surface area contributed by atoms with Crippen molar-refractivity contribution >= 4 is 5.78 Å². The molecule has 0 aliphatic carbocycles. The Hall–Kier alpha value is -1.97. The topological polar surface area (TPSA) is 56.0 Å². The van der Waals surface area contributed by atoms with E-state index in [0.717, 1.165) is 16.7 Å². The molecule has 0 aliphatic rings. The first-order valence-electron chi connectivity index (χ1n) is 5.00. The highest BCUT2D eigenvalue weighted by Crippen LogP contribution is 2.21. The summed E-state index contributed by atoms with van der Waals surface area (Å²) in [6.07, 6.45) is 0. The van der Waals surface area contributed by atoms with Crippen molar-refractivity contribution in [2.45, 2.75) is 20.8 Å². The Morgan fingerprint density at radius 3 is 2.69 bits per heavy atom. The van der Waals surface area contributed by atoms with Gasteiger partial charge in [0.05, 0.1) is 0 Å². The Morgan fingerprint density at radius 2 is 2.06 bits per heavy atom. The second kappa shape index (κ2) is 3.89. The van der Waals surface area contributed by atoms with Crippen LogP contribution in [0.25, 0.3) is 11.4 Å². The van der Waals surface area contributed by atoms with Crippen LogP contribution in [-0.2, 0) is 0 Å². The third kappa shape index (κ3) is 1.86. The van der Waals surface area contributed by atoms with E-state index in [0.29, 0.717) is 5.82 Å². The zero-order valence-electron chi connectivity index (χ0n) is 9.44. The van der Waals surface area contributed by atoms with Crippen molar-refractivity contribution in [3.63, 3.8) is 0 Å². The molecule has 0 N–H and O–H groups in total. The summed E-state index contributed by atoms with van der Waals surface area (Å²) >= 11 is 0. The number of rotatable bonds is 2. The number of ketones is 1. The van der Waals surface area contributed by atoms with Gasteiger partial charge >= 0.3 is 0 Å². The molecule has 4 heteroatoms. The van der Waals surface area contributed by atoms with Crippen molar-refractivity contribution in [3.8, 4) is 11.4 Å². The molecule has 0 saturated heterocycles. The third-order valence-electron chi connectivity index (χ3n) is 2.36. The van der Waals surface area contributed by atoms with Crippen LogP contribution in [0.15, 0.2) is 22.7 Å². The minimum atomic E-state index is -0.218. The van der Waals surface area contributed by atoms with Gasteiger partial charge in [-0.15, -0.1) is 0 Å². The molecule has 16 heavy (non-hydrogen) atoms. The molecule has 0 aliphatic heterocycles. The number of nitrogens with zero attached hydrogens (tertiary/aromatic N) is 2. The average molecular weight is 216 g/mol. The first-order valence-corrected chi connectivity index (χ1v) is 5.00. The van der Waals surface area contributed by atoms with Crippen LogP contribution in [-0.4, -0.2) is 15.9 Å². The second-order valence-corrected chi connectivity index (χ2v) is 3.80. The summed E-state index contributed by atoms with van der Waals surface area (Å²) in [5.41, 5.74) is 3.08. The van der Waals surface area contributed by atoms with Crippen LogP contribution in [0.2, 0.25) is 0 Å². The number of benzene rings is 1. The summed E-state index contributed by atoms with van der Waals surface area (Å²) in [5, 5.41) is 3.80. The normalized spacial score (nSPS) is 10.4. The Balaban J connectivity index is 2.50. The van der Waals surface area contributed by atoms with Crippen LogP contribution < -0.4 is 0 Å². The molecule has 2 rings (SSSR count). The quantitative estimate of drug-likeness (QED) is 0.724. The van der Waals surface area contributed by atoms with E-state index < -0.39 is 0 Å². The number of carbonyl (C=O) groups is 1. The second-order valence-electron chi connectivity index (χ2n) is 3.80. The first kappa shape index (κ1) is 10.5. The number of aryl methyl sites for hydroxylation is 2. The van der Waals surface area contributed by atoms with E-state index >= 15 is 0 Å². The molecule has 82 valence electrons. The lowest BCUT2D eigenvalue weighted by Gasteiger charge is -2.01. The lowest BCUT2D eigenvalue weighted by atomic mass is 10.1. The molecule has 0 radical (unpaired) electrons. The van der Waals surface area contributed by atoms with Gasteiger partial charge in [-0.3, -0.25) is 4.79 Å². The van der Waals surface area contributed by atoms with Crippen molar-refractivity contribution in [3.05, 3.63) is 35.2 Å². The Labute approximate surface area is 93.3 Å². The number of aromatic nitrogens is 2. The maximum atomic E-state index is 11.0. The van der Waals surface area contributed by atoms with E-state index in [4.69, 9.17) is 4.52 Å². The first-order chi connectivity index (χ1) is 7.58. The fourth-order valence-electron chi connectivity index (χ4n) is 1.45. The zero-order chi connectivity index (χ0) is 11.7. The van der Waals surface area contributed by atoms with E-state index in [1.807, 2.05) is 32.0 Å². The van der Waals surface area contributed by atoms with Gasteiger partial charge in [0.2, 0.25) is 11.6 Å². The molecule has 0 atom stereocenters. The maximum absolute atomic E-state index is 11.0. The number of hydrogen-bond donors (Lipinski definition) is 0. The Kier molecular flexibility index (Phi) is 2.56. The molecule has 1 heterocycles. The minimum Gasteiger partial charge on any atom is -0.330 e. The van der Waals surface area contributed by atoms with Crippen LogP contribution in [0, 0.1) is 13.8 Å². The van der Waals surface area contributed by atoms with Gasteiger partial charge in [0, 0.05) is 12.5 Å². The number of hydrogen-bond acceptors (Lipinski definition) is 4. The van der Waals surface area contributed by atoms with Gasteiger partial charge in [-0.25, -0.2) is 0 Å². The predicted octanol–water partition coefficient (Wildman–Crippen LogP) is 2.56. The maximum Gasteiger partial charge on any atom is 0.294 e. The summed E-state index contributed by atoms with van der Waals surface area (Å²) < 4.78 is 4.86. The molecule has 0 unspecified atom stereocenters. The van der Waals surface area contributed by atoms with Crippen molar-refractivity contribution < 1.29 is 9.32 Å². The number of Topliss-reactive ketones (excluding diaryl/α,β-unsaturated/α-hetero) is 1. The summed E-state index contributed by atoms with van der Waals surface area (Å²) in [7, 11) is 0. The largest absolute Gasteiger partial charge is 0.330 e. The lowest BCUT2D eigenvalue weighted by molar-refractivity contribution is 0.0972. The van der Waals surface area contributed by atoms with E-state index in [9.17, 15) is 4.79 Å². The van der Waals surface area contributed by atoms with Gasteiger partial charge in [0.15, 0.2) is 0 Å². The Bertz CT molecular complexity index is 544. The van der Waals surface area contributed by atoms with E-state index in [1.54, 1.807) is 0 Å². The van der Waals surface area contributed by atoms with Crippen LogP contribution in [0.3, 0.4) is 0 Å². The molecule has 2 aromatic rings. The van der Waals surface area contributed by atoms with Crippen LogP contribution in [0.5, 0.6) is 0 Å². The highest BCUT2D eigenvalue weighted by Gasteiger charge is 2.13. The molecule has 0 saturated carbocycles. The van der Waals surface area contributed by atoms with E-state index in [2.05, 4.69) is 10.1 Å². The van der Waals surface area contributed by atoms with Crippen molar-refractivity contribution in [1.82, 2.24) is 10.1 Å². The predicted molar refractivity (Wildman–Crippen MR) is 59.2 cm³/mol. The fourth-order valence-corrected chi connectivity index (χ4v) is 1.45. The molecule has 0 fully saturated rings. The van der Waals surface area contributed by atoms with E-state index in [-0.39, 0.29) is 11.7 Å². The van der Waals surface area contributed by atoms with E-state index in [1.165, 1.54) is 6.92 Å². The standard InChI is InChI=1S/C12H12N2O2/c1-7-4-5-8(2)10(6-7)11-13-12(9(3)15)16-14-11/h4-6H,1-3H3. The van der Waals surface area contributed by atoms with Crippen molar-refractivity contribution in [2.24, 2.45) is 0 Å². The van der Waals surface area contributed by atoms with Gasteiger partial charge in [-0.05, 0) is 25.5 Å². The summed E-state index contributed by atoms with van der Waals surface area (Å²) in [6, 6.07) is 5.99. The molecule has 4 nitrogen and oxygen atoms in total. The van der Waals surface area contributed by atoms with Crippen molar-refractivity contribution in [2.75, 3.05) is 0 Å². The SMILES string of the molecule is CC(=O)c1nc(-c2cc(C)ccc2C)no1. The summed E-state index contributed by atoms with van der Waals surface area (Å²) in [4.78, 5) is 15.1. The minimum absolute atomic E-state index is 0.0518. The molecular weight excluding hydrogens is 204 g/mol. The summed E-state index contributed by atoms with van der Waals surface area (Å²) in [6.45, 7) is 5.37. The smallest absolute Gasteiger partial charge is 0.294 e. The summed E-state index contributed by atoms with van der Waals surface area (Å²) in [5.74, 6) is 0.298. The number of carbonyl (C=O) groups excluding carboxylic acids is 1. The van der Waals surface area contributed by atoms with Crippen molar-refractivity contribution in [1.29, 1.82) is 0 Å². The lowest BCUT2D eigenvalue weighted by Crippen LogP contribution is -1.92. The van der Waals surface area contributed by atoms with Gasteiger partial charge in [0.25, 0.3) is 5.89 Å². The molecular formula is C12H12N2O2.